The molecule has 0 aliphatic heterocycles. The Hall–Kier alpha value is -0.0400. The fourth-order valence-electron chi connectivity index (χ4n) is 2.12. The molecule has 2 unspecified atom stereocenters. The summed E-state index contributed by atoms with van der Waals surface area (Å²) in [4.78, 5) is 0. The molecule has 0 radical (unpaired) electrons. The number of hydrogen-bond donors (Lipinski definition) is 1. The Morgan fingerprint density at radius 3 is 2.00 bits per heavy atom. The first-order valence-corrected chi connectivity index (χ1v) is 4.70. The molecule has 0 bridgehead atoms. The van der Waals surface area contributed by atoms with E-state index < -0.39 is 0 Å². The number of hydrogen-bond acceptors (Lipinski definition) is 1. The Bertz CT molecular complexity index is 123. The maximum Gasteiger partial charge on any atom is 0.0573 e. The lowest BCUT2D eigenvalue weighted by Gasteiger charge is -2.37. The van der Waals surface area contributed by atoms with E-state index in [1.807, 2.05) is 0 Å². The third-order valence-electron chi connectivity index (χ3n) is 2.84. The predicted octanol–water partition coefficient (Wildman–Crippen LogP) is 2.58. The van der Waals surface area contributed by atoms with Crippen LogP contribution in [0, 0.1) is 11.3 Å². The molecule has 1 fully saturated rings. The quantitative estimate of drug-likeness (QED) is 0.571. The molecule has 2 atom stereocenters. The van der Waals surface area contributed by atoms with E-state index in [4.69, 9.17) is 0 Å². The lowest BCUT2D eigenvalue weighted by atomic mass is 9.71. The molecule has 1 heteroatoms. The Kier molecular flexibility index (Phi) is 2.58. The zero-order valence-corrected chi connectivity index (χ0v) is 7.93. The van der Waals surface area contributed by atoms with Crippen LogP contribution in [0.2, 0.25) is 0 Å². The smallest absolute Gasteiger partial charge is 0.0573 e. The average Bonchev–Trinajstić information content (AvgIpc) is 1.86. The van der Waals surface area contributed by atoms with Gasteiger partial charge in [-0.1, -0.05) is 33.6 Å². The largest absolute Gasteiger partial charge is 0.393 e. The van der Waals surface area contributed by atoms with Crippen molar-refractivity contribution in [1.29, 1.82) is 0 Å². The molecular weight excluding hydrogens is 136 g/mol. The zero-order chi connectivity index (χ0) is 8.48. The average molecular weight is 156 g/mol. The minimum absolute atomic E-state index is 0.0382. The summed E-state index contributed by atoms with van der Waals surface area (Å²) < 4.78 is 0. The van der Waals surface area contributed by atoms with Gasteiger partial charge in [0, 0.05) is 0 Å². The number of aliphatic hydroxyl groups excluding tert-OH is 1. The summed E-state index contributed by atoms with van der Waals surface area (Å²) in [5.74, 6) is 0.524. The highest BCUT2D eigenvalue weighted by molar-refractivity contribution is 4.83. The van der Waals surface area contributed by atoms with Crippen molar-refractivity contribution in [3.05, 3.63) is 0 Å². The van der Waals surface area contributed by atoms with Crippen LogP contribution in [0.3, 0.4) is 0 Å². The fourth-order valence-corrected chi connectivity index (χ4v) is 2.12. The van der Waals surface area contributed by atoms with Crippen molar-refractivity contribution in [1.82, 2.24) is 0 Å². The van der Waals surface area contributed by atoms with Crippen LogP contribution < -0.4 is 0 Å². The van der Waals surface area contributed by atoms with Gasteiger partial charge in [0.25, 0.3) is 0 Å². The van der Waals surface area contributed by atoms with Crippen LogP contribution in [-0.4, -0.2) is 11.2 Å². The Labute approximate surface area is 69.8 Å². The van der Waals surface area contributed by atoms with Gasteiger partial charge < -0.3 is 5.11 Å². The van der Waals surface area contributed by atoms with Gasteiger partial charge in [-0.25, -0.2) is 0 Å². The number of rotatable bonds is 0. The normalized spacial score (nSPS) is 33.8. The topological polar surface area (TPSA) is 20.2 Å². The van der Waals surface area contributed by atoms with Crippen molar-refractivity contribution in [2.24, 2.45) is 11.3 Å². The first-order valence-electron chi connectivity index (χ1n) is 4.70. The van der Waals surface area contributed by atoms with Crippen molar-refractivity contribution in [3.8, 4) is 0 Å². The summed E-state index contributed by atoms with van der Waals surface area (Å²) >= 11 is 0. The Balaban J connectivity index is 2.55. The van der Waals surface area contributed by atoms with Gasteiger partial charge >= 0.3 is 0 Å². The zero-order valence-electron chi connectivity index (χ0n) is 7.93. The minimum Gasteiger partial charge on any atom is -0.393 e. The maximum atomic E-state index is 9.70. The number of aliphatic hydroxyl groups is 1. The van der Waals surface area contributed by atoms with Gasteiger partial charge in [-0.2, -0.15) is 0 Å². The van der Waals surface area contributed by atoms with Crippen LogP contribution >= 0.6 is 0 Å². The van der Waals surface area contributed by atoms with Gasteiger partial charge in [0.15, 0.2) is 0 Å². The molecule has 1 aliphatic rings. The van der Waals surface area contributed by atoms with Crippen LogP contribution in [-0.2, 0) is 0 Å². The fraction of sp³-hybridized carbons (Fsp3) is 1.00. The summed E-state index contributed by atoms with van der Waals surface area (Å²) in [6, 6.07) is 0. The van der Waals surface area contributed by atoms with Gasteiger partial charge in [0.1, 0.15) is 0 Å². The molecular formula is C10H20O. The molecule has 0 aromatic carbocycles. The molecule has 0 aromatic heterocycles. The SMILES string of the molecule is CC(C)(C)C1CCCCC1O. The summed E-state index contributed by atoms with van der Waals surface area (Å²) in [5.41, 5.74) is 0.292. The molecule has 1 saturated carbocycles. The van der Waals surface area contributed by atoms with Gasteiger partial charge in [0.2, 0.25) is 0 Å². The standard InChI is InChI=1S/C10H20O/c1-10(2,3)8-6-4-5-7-9(8)11/h8-9,11H,4-7H2,1-3H3. The second-order valence-corrected chi connectivity index (χ2v) is 4.82. The van der Waals surface area contributed by atoms with E-state index in [1.165, 1.54) is 19.3 Å². The second kappa shape index (κ2) is 3.14. The van der Waals surface area contributed by atoms with Crippen molar-refractivity contribution in [3.63, 3.8) is 0 Å². The van der Waals surface area contributed by atoms with Gasteiger partial charge in [0.05, 0.1) is 6.10 Å². The van der Waals surface area contributed by atoms with Gasteiger partial charge in [-0.05, 0) is 24.2 Å². The molecule has 0 aromatic rings. The third-order valence-corrected chi connectivity index (χ3v) is 2.84. The molecule has 66 valence electrons. The molecule has 11 heavy (non-hydrogen) atoms. The molecule has 1 N–H and O–H groups in total. The predicted molar refractivity (Wildman–Crippen MR) is 47.4 cm³/mol. The minimum atomic E-state index is -0.0382. The van der Waals surface area contributed by atoms with Crippen LogP contribution in [0.4, 0.5) is 0 Å². The molecule has 0 spiro atoms. The van der Waals surface area contributed by atoms with E-state index in [0.717, 1.165) is 6.42 Å². The van der Waals surface area contributed by atoms with E-state index in [-0.39, 0.29) is 6.10 Å². The molecule has 1 aliphatic carbocycles. The molecule has 0 saturated heterocycles. The van der Waals surface area contributed by atoms with Crippen molar-refractivity contribution < 1.29 is 5.11 Å². The van der Waals surface area contributed by atoms with E-state index in [0.29, 0.717) is 11.3 Å². The van der Waals surface area contributed by atoms with Crippen LogP contribution in [0.5, 0.6) is 0 Å². The van der Waals surface area contributed by atoms with E-state index >= 15 is 0 Å². The van der Waals surface area contributed by atoms with Crippen molar-refractivity contribution in [2.45, 2.75) is 52.6 Å². The van der Waals surface area contributed by atoms with Crippen LogP contribution in [0.1, 0.15) is 46.5 Å². The van der Waals surface area contributed by atoms with Crippen molar-refractivity contribution >= 4 is 0 Å². The molecule has 0 amide bonds. The maximum absolute atomic E-state index is 9.70. The van der Waals surface area contributed by atoms with E-state index in [9.17, 15) is 5.11 Å². The second-order valence-electron chi connectivity index (χ2n) is 4.82. The Morgan fingerprint density at radius 2 is 1.64 bits per heavy atom. The summed E-state index contributed by atoms with van der Waals surface area (Å²) in [7, 11) is 0. The molecule has 1 nitrogen and oxygen atoms in total. The summed E-state index contributed by atoms with van der Waals surface area (Å²) in [5, 5.41) is 9.70. The lowest BCUT2D eigenvalue weighted by Crippen LogP contribution is -2.34. The first kappa shape index (κ1) is 9.05. The summed E-state index contributed by atoms with van der Waals surface area (Å²) in [6.45, 7) is 6.69. The highest BCUT2D eigenvalue weighted by Gasteiger charge is 2.32. The monoisotopic (exact) mass is 156 g/mol. The van der Waals surface area contributed by atoms with Crippen molar-refractivity contribution in [2.75, 3.05) is 0 Å². The summed E-state index contributed by atoms with van der Waals surface area (Å²) in [6.07, 6.45) is 4.71. The lowest BCUT2D eigenvalue weighted by molar-refractivity contribution is 0.0105. The van der Waals surface area contributed by atoms with Crippen LogP contribution in [0.15, 0.2) is 0 Å². The Morgan fingerprint density at radius 1 is 1.09 bits per heavy atom. The molecule has 1 rings (SSSR count). The van der Waals surface area contributed by atoms with E-state index in [2.05, 4.69) is 20.8 Å². The van der Waals surface area contributed by atoms with Gasteiger partial charge in [-0.3, -0.25) is 0 Å². The van der Waals surface area contributed by atoms with Gasteiger partial charge in [-0.15, -0.1) is 0 Å². The highest BCUT2D eigenvalue weighted by Crippen LogP contribution is 2.37. The highest BCUT2D eigenvalue weighted by atomic mass is 16.3. The third kappa shape index (κ3) is 2.19. The molecule has 0 heterocycles. The van der Waals surface area contributed by atoms with Crippen LogP contribution in [0.25, 0.3) is 0 Å². The first-order chi connectivity index (χ1) is 5.02. The van der Waals surface area contributed by atoms with E-state index in [1.54, 1.807) is 0 Å².